The van der Waals surface area contributed by atoms with Crippen molar-refractivity contribution in [1.82, 2.24) is 0 Å². The maximum absolute atomic E-state index is 12.0. The lowest BCUT2D eigenvalue weighted by Gasteiger charge is -2.16. The van der Waals surface area contributed by atoms with Crippen LogP contribution in [0.4, 0.5) is 0 Å². The molecule has 2 aliphatic rings. The highest BCUT2D eigenvalue weighted by atomic mass is 16.5. The molecule has 3 rings (SSSR count). The lowest BCUT2D eigenvalue weighted by Crippen LogP contribution is -2.10. The molecular formula is C20H24O3. The normalized spacial score (nSPS) is 27.0. The van der Waals surface area contributed by atoms with Gasteiger partial charge in [0.05, 0.1) is 0 Å². The molecule has 0 fully saturated rings. The van der Waals surface area contributed by atoms with Crippen LogP contribution in [-0.4, -0.2) is 12.1 Å². The van der Waals surface area contributed by atoms with Crippen LogP contribution in [0.25, 0.3) is 6.08 Å². The van der Waals surface area contributed by atoms with E-state index in [1.165, 1.54) is 5.56 Å². The molecule has 1 aromatic heterocycles. The molecular weight excluding hydrogens is 288 g/mol. The van der Waals surface area contributed by atoms with Crippen molar-refractivity contribution in [3.05, 3.63) is 52.5 Å². The zero-order valence-corrected chi connectivity index (χ0v) is 14.1. The number of carbonyl (C=O) groups is 1. The summed E-state index contributed by atoms with van der Waals surface area (Å²) in [6, 6.07) is 2.09. The number of carbonyl (C=O) groups excluding carboxylic acids is 1. The second kappa shape index (κ2) is 6.23. The van der Waals surface area contributed by atoms with E-state index in [2.05, 4.69) is 26.5 Å². The van der Waals surface area contributed by atoms with E-state index >= 15 is 0 Å². The number of rotatable bonds is 1. The third kappa shape index (κ3) is 3.49. The number of fused-ring (bicyclic) bond motifs is 3. The molecule has 23 heavy (non-hydrogen) atoms. The van der Waals surface area contributed by atoms with Gasteiger partial charge in [0.25, 0.3) is 0 Å². The number of ether oxygens (including phenoxy) is 1. The zero-order valence-electron chi connectivity index (χ0n) is 14.1. The second-order valence-electron chi connectivity index (χ2n) is 6.87. The summed E-state index contributed by atoms with van der Waals surface area (Å²) in [6.07, 6.45) is 7.07. The molecule has 3 nitrogen and oxygen atoms in total. The maximum atomic E-state index is 12.0. The van der Waals surface area contributed by atoms with Gasteiger partial charge in [-0.1, -0.05) is 17.7 Å². The van der Waals surface area contributed by atoms with Crippen molar-refractivity contribution in [2.45, 2.75) is 52.6 Å². The number of hydrogen-bond acceptors (Lipinski definition) is 3. The Morgan fingerprint density at radius 1 is 1.30 bits per heavy atom. The minimum atomic E-state index is -0.158. The summed E-state index contributed by atoms with van der Waals surface area (Å²) in [7, 11) is 0. The number of esters is 1. The Morgan fingerprint density at radius 2 is 2.09 bits per heavy atom. The molecule has 1 unspecified atom stereocenters. The summed E-state index contributed by atoms with van der Waals surface area (Å²) in [5, 5.41) is 0. The smallest absolute Gasteiger partial charge is 0.334 e. The molecule has 4 bridgehead atoms. The van der Waals surface area contributed by atoms with E-state index in [1.54, 1.807) is 0 Å². The molecule has 3 heteroatoms. The molecule has 0 amide bonds. The number of hydrogen-bond donors (Lipinski definition) is 0. The zero-order chi connectivity index (χ0) is 16.6. The van der Waals surface area contributed by atoms with Crippen LogP contribution in [0.1, 0.15) is 50.2 Å². The molecule has 0 spiro atoms. The first-order valence-electron chi connectivity index (χ1n) is 8.26. The predicted molar refractivity (Wildman–Crippen MR) is 90.9 cm³/mol. The Labute approximate surface area is 137 Å². The molecule has 0 radical (unpaired) electrons. The Hall–Kier alpha value is -2.03. The standard InChI is InChI=1S/C20H24O3/c1-12(2)15-5-6-16-10-18(23-20(16)21)8-13(3)7-17-9-14(4)19(11-15)22-17/h7,9-10,15,18H,1,5-6,8,11H2,2-4H3/b13-7-/t15?,18-/m0/s1. The van der Waals surface area contributed by atoms with E-state index < -0.39 is 0 Å². The molecule has 1 aromatic rings. The monoisotopic (exact) mass is 312 g/mol. The van der Waals surface area contributed by atoms with Gasteiger partial charge in [-0.3, -0.25) is 0 Å². The Morgan fingerprint density at radius 3 is 2.83 bits per heavy atom. The third-order valence-corrected chi connectivity index (χ3v) is 4.75. The van der Waals surface area contributed by atoms with Crippen molar-refractivity contribution in [2.75, 3.05) is 0 Å². The van der Waals surface area contributed by atoms with Gasteiger partial charge >= 0.3 is 5.97 Å². The van der Waals surface area contributed by atoms with E-state index in [0.717, 1.165) is 47.5 Å². The highest BCUT2D eigenvalue weighted by molar-refractivity contribution is 5.90. The van der Waals surface area contributed by atoms with E-state index in [0.29, 0.717) is 12.3 Å². The van der Waals surface area contributed by atoms with Gasteiger partial charge < -0.3 is 9.15 Å². The van der Waals surface area contributed by atoms with Crippen LogP contribution < -0.4 is 0 Å². The number of aryl methyl sites for hydroxylation is 1. The first kappa shape index (κ1) is 15.9. The Balaban J connectivity index is 1.96. The van der Waals surface area contributed by atoms with Gasteiger partial charge in [0.2, 0.25) is 0 Å². The SMILES string of the molecule is C=C(C)C1CCC2=C[C@H](C/C(C)=C\c3cc(C)c(o3)C1)OC2=O. The third-order valence-electron chi connectivity index (χ3n) is 4.75. The van der Waals surface area contributed by atoms with Gasteiger partial charge in [-0.15, -0.1) is 0 Å². The van der Waals surface area contributed by atoms with Crippen molar-refractivity contribution in [2.24, 2.45) is 5.92 Å². The van der Waals surface area contributed by atoms with Crippen LogP contribution in [0.2, 0.25) is 0 Å². The van der Waals surface area contributed by atoms with Crippen molar-refractivity contribution in [1.29, 1.82) is 0 Å². The van der Waals surface area contributed by atoms with Crippen LogP contribution in [0.15, 0.2) is 39.9 Å². The van der Waals surface area contributed by atoms with Gasteiger partial charge in [-0.25, -0.2) is 4.79 Å². The van der Waals surface area contributed by atoms with Crippen LogP contribution in [0.5, 0.6) is 0 Å². The summed E-state index contributed by atoms with van der Waals surface area (Å²) in [5.41, 5.74) is 4.27. The molecule has 122 valence electrons. The van der Waals surface area contributed by atoms with E-state index in [-0.39, 0.29) is 12.1 Å². The fourth-order valence-corrected chi connectivity index (χ4v) is 3.34. The first-order chi connectivity index (χ1) is 10.9. The Bertz CT molecular complexity index is 702. The summed E-state index contributed by atoms with van der Waals surface area (Å²) < 4.78 is 11.5. The van der Waals surface area contributed by atoms with Gasteiger partial charge in [0.15, 0.2) is 0 Å². The van der Waals surface area contributed by atoms with E-state index in [1.807, 2.05) is 19.1 Å². The van der Waals surface area contributed by atoms with Gasteiger partial charge in [0, 0.05) is 18.4 Å². The molecule has 2 atom stereocenters. The van der Waals surface area contributed by atoms with Crippen LogP contribution in [-0.2, 0) is 16.0 Å². The summed E-state index contributed by atoms with van der Waals surface area (Å²) in [4.78, 5) is 12.0. The molecule has 0 aliphatic carbocycles. The van der Waals surface area contributed by atoms with Gasteiger partial charge in [0.1, 0.15) is 17.6 Å². The molecule has 0 saturated carbocycles. The molecule has 0 N–H and O–H groups in total. The summed E-state index contributed by atoms with van der Waals surface area (Å²) in [6.45, 7) is 10.3. The fourth-order valence-electron chi connectivity index (χ4n) is 3.34. The highest BCUT2D eigenvalue weighted by Crippen LogP contribution is 2.31. The number of allylic oxidation sites excluding steroid dienone is 1. The molecule has 2 aliphatic heterocycles. The largest absolute Gasteiger partial charge is 0.461 e. The minimum absolute atomic E-state index is 0.145. The minimum Gasteiger partial charge on any atom is -0.461 e. The summed E-state index contributed by atoms with van der Waals surface area (Å²) >= 11 is 0. The fraction of sp³-hybridized carbons (Fsp3) is 0.450. The van der Waals surface area contributed by atoms with Gasteiger partial charge in [-0.05, 0) is 63.3 Å². The lowest BCUT2D eigenvalue weighted by atomic mass is 9.89. The highest BCUT2D eigenvalue weighted by Gasteiger charge is 2.27. The van der Waals surface area contributed by atoms with Crippen molar-refractivity contribution in [3.63, 3.8) is 0 Å². The lowest BCUT2D eigenvalue weighted by molar-refractivity contribution is -0.139. The Kier molecular flexibility index (Phi) is 4.29. The number of furan rings is 1. The average Bonchev–Trinajstić information content (AvgIpc) is 2.97. The van der Waals surface area contributed by atoms with Crippen LogP contribution >= 0.6 is 0 Å². The predicted octanol–water partition coefficient (Wildman–Crippen LogP) is 4.76. The second-order valence-corrected chi connectivity index (χ2v) is 6.87. The van der Waals surface area contributed by atoms with E-state index in [9.17, 15) is 4.79 Å². The van der Waals surface area contributed by atoms with Crippen molar-refractivity contribution < 1.29 is 13.9 Å². The molecule has 0 aromatic carbocycles. The van der Waals surface area contributed by atoms with Crippen LogP contribution in [0.3, 0.4) is 0 Å². The molecule has 3 heterocycles. The van der Waals surface area contributed by atoms with E-state index in [4.69, 9.17) is 9.15 Å². The average molecular weight is 312 g/mol. The van der Waals surface area contributed by atoms with Crippen LogP contribution in [0, 0.1) is 12.8 Å². The van der Waals surface area contributed by atoms with Crippen molar-refractivity contribution >= 4 is 12.0 Å². The first-order valence-corrected chi connectivity index (χ1v) is 8.26. The van der Waals surface area contributed by atoms with Gasteiger partial charge in [-0.2, -0.15) is 0 Å². The molecule has 0 saturated heterocycles. The quantitative estimate of drug-likeness (QED) is 0.554. The topological polar surface area (TPSA) is 39.4 Å². The van der Waals surface area contributed by atoms with Crippen molar-refractivity contribution in [3.8, 4) is 0 Å². The maximum Gasteiger partial charge on any atom is 0.334 e. The summed E-state index contributed by atoms with van der Waals surface area (Å²) in [5.74, 6) is 2.06.